The van der Waals surface area contributed by atoms with Gasteiger partial charge in [0.15, 0.2) is 0 Å². The normalized spacial score (nSPS) is 34.3. The lowest BCUT2D eigenvalue weighted by molar-refractivity contribution is -0.137. The molecule has 238 valence electrons. The number of likely N-dealkylation sites (tertiary alicyclic amines) is 1. The summed E-state index contributed by atoms with van der Waals surface area (Å²) in [6, 6.07) is -1.53. The van der Waals surface area contributed by atoms with Crippen LogP contribution < -0.4 is 16.4 Å². The van der Waals surface area contributed by atoms with E-state index in [1.165, 1.54) is 0 Å². The van der Waals surface area contributed by atoms with Crippen LogP contribution in [0.15, 0.2) is 9.98 Å². The highest BCUT2D eigenvalue weighted by Crippen LogP contribution is 2.27. The third kappa shape index (κ3) is 7.73. The van der Waals surface area contributed by atoms with Crippen LogP contribution in [-0.2, 0) is 9.59 Å². The van der Waals surface area contributed by atoms with Crippen molar-refractivity contribution < 1.29 is 18.4 Å². The van der Waals surface area contributed by atoms with E-state index in [4.69, 9.17) is 5.73 Å². The molecule has 0 aromatic carbocycles. The number of rotatable bonds is 10. The van der Waals surface area contributed by atoms with Crippen LogP contribution in [-0.4, -0.2) is 133 Å². The Labute approximate surface area is 249 Å². The molecule has 0 aliphatic carbocycles. The summed E-state index contributed by atoms with van der Waals surface area (Å²) in [5, 5.41) is 6.21. The molecule has 0 spiro atoms. The minimum atomic E-state index is -1.18. The Hall–Kier alpha value is -2.02. The van der Waals surface area contributed by atoms with E-state index in [9.17, 15) is 14.0 Å². The zero-order chi connectivity index (χ0) is 30.4. The summed E-state index contributed by atoms with van der Waals surface area (Å²) >= 11 is 0. The van der Waals surface area contributed by atoms with Crippen LogP contribution in [0.1, 0.15) is 59.8 Å². The van der Waals surface area contributed by atoms with Crippen LogP contribution >= 0.6 is 0 Å². The number of piperidine rings is 1. The van der Waals surface area contributed by atoms with Gasteiger partial charge in [-0.2, -0.15) is 0 Å². The van der Waals surface area contributed by atoms with E-state index in [1.54, 1.807) is 6.92 Å². The van der Waals surface area contributed by atoms with Crippen molar-refractivity contribution in [2.45, 2.75) is 96.4 Å². The quantitative estimate of drug-likeness (QED) is 0.329. The smallest absolute Gasteiger partial charge is 0.229 e. The summed E-state index contributed by atoms with van der Waals surface area (Å²) in [7, 11) is 0. The molecule has 0 bridgehead atoms. The van der Waals surface area contributed by atoms with E-state index in [0.29, 0.717) is 64.1 Å². The van der Waals surface area contributed by atoms with Crippen LogP contribution in [0.3, 0.4) is 0 Å². The molecule has 8 atom stereocenters. The number of aliphatic imine (C=N–C) groups is 2. The fourth-order valence-corrected chi connectivity index (χ4v) is 7.02. The maximum atomic E-state index is 15.5. The predicted molar refractivity (Wildman–Crippen MR) is 162 cm³/mol. The van der Waals surface area contributed by atoms with Gasteiger partial charge in [-0.05, 0) is 39.3 Å². The SMILES string of the molecule is CCCC(F)C(C)=NC1CC(CC)=NC(N)C1C(=O)NC1CNCC(F)C1N1CCN(C(=O)C2CCN(CC)C2)CC1. The highest BCUT2D eigenvalue weighted by atomic mass is 19.1. The summed E-state index contributed by atoms with van der Waals surface area (Å²) in [5.41, 5.74) is 7.66. The highest BCUT2D eigenvalue weighted by Gasteiger charge is 2.44. The van der Waals surface area contributed by atoms with Crippen LogP contribution in [0.25, 0.3) is 0 Å². The zero-order valence-corrected chi connectivity index (χ0v) is 25.9. The van der Waals surface area contributed by atoms with Gasteiger partial charge in [-0.15, -0.1) is 0 Å². The lowest BCUT2D eigenvalue weighted by atomic mass is 9.87. The minimum Gasteiger partial charge on any atom is -0.350 e. The maximum absolute atomic E-state index is 15.5. The van der Waals surface area contributed by atoms with Crippen molar-refractivity contribution in [2.75, 3.05) is 58.9 Å². The van der Waals surface area contributed by atoms with Gasteiger partial charge in [0.1, 0.15) is 18.5 Å². The standard InChI is InChI=1S/C30H52F2N8O2/c1-5-8-22(31)19(4)35-24-15-21(6-2)36-28(33)26(24)29(41)37-25-17-34-16-23(32)27(25)39-11-13-40(14-12-39)30(42)20-9-10-38(7-3)18-20/h20,22-28,34H,5-18,33H2,1-4H3,(H,37,41). The average molecular weight is 595 g/mol. The fraction of sp³-hybridized carbons (Fsp3) is 0.867. The Kier molecular flexibility index (Phi) is 11.8. The minimum absolute atomic E-state index is 0.0424. The molecule has 3 fully saturated rings. The lowest BCUT2D eigenvalue weighted by Gasteiger charge is -2.46. The fourth-order valence-electron chi connectivity index (χ4n) is 7.02. The van der Waals surface area contributed by atoms with Gasteiger partial charge in [0.05, 0.1) is 30.0 Å². The highest BCUT2D eigenvalue weighted by molar-refractivity contribution is 5.91. The number of carbonyl (C=O) groups excluding carboxylic acids is 2. The molecule has 0 saturated carbocycles. The Balaban J connectivity index is 1.43. The van der Waals surface area contributed by atoms with Crippen molar-refractivity contribution in [3.05, 3.63) is 0 Å². The van der Waals surface area contributed by atoms with E-state index in [-0.39, 0.29) is 24.3 Å². The number of piperazine rings is 1. The van der Waals surface area contributed by atoms with Gasteiger partial charge in [-0.3, -0.25) is 24.5 Å². The molecule has 2 amide bonds. The van der Waals surface area contributed by atoms with Crippen molar-refractivity contribution in [1.29, 1.82) is 0 Å². The monoisotopic (exact) mass is 594 g/mol. The largest absolute Gasteiger partial charge is 0.350 e. The molecule has 12 heteroatoms. The predicted octanol–water partition coefficient (Wildman–Crippen LogP) is 1.39. The van der Waals surface area contributed by atoms with E-state index >= 15 is 4.39 Å². The number of halogens is 2. The van der Waals surface area contributed by atoms with Gasteiger partial charge < -0.3 is 26.2 Å². The molecular formula is C30H52F2N8O2. The molecule has 4 aliphatic rings. The molecule has 10 nitrogen and oxygen atoms in total. The van der Waals surface area contributed by atoms with Gasteiger partial charge in [0, 0.05) is 63.7 Å². The van der Waals surface area contributed by atoms with Crippen LogP contribution in [0.2, 0.25) is 0 Å². The number of hydrogen-bond acceptors (Lipinski definition) is 8. The second-order valence-corrected chi connectivity index (χ2v) is 12.4. The van der Waals surface area contributed by atoms with Crippen molar-refractivity contribution in [1.82, 2.24) is 25.3 Å². The topological polar surface area (TPSA) is 119 Å². The first-order valence-electron chi connectivity index (χ1n) is 16.1. The van der Waals surface area contributed by atoms with Gasteiger partial charge in [0.25, 0.3) is 0 Å². The summed E-state index contributed by atoms with van der Waals surface area (Å²) in [5.74, 6) is -0.850. The first-order valence-corrected chi connectivity index (χ1v) is 16.1. The number of carbonyl (C=O) groups is 2. The number of nitrogens with two attached hydrogens (primary N) is 1. The van der Waals surface area contributed by atoms with E-state index in [0.717, 1.165) is 31.8 Å². The van der Waals surface area contributed by atoms with E-state index in [2.05, 4.69) is 37.3 Å². The first kappa shape index (κ1) is 32.9. The number of amides is 2. The molecule has 4 aliphatic heterocycles. The molecule has 42 heavy (non-hydrogen) atoms. The molecule has 4 heterocycles. The second-order valence-electron chi connectivity index (χ2n) is 12.4. The number of nitrogens with one attached hydrogen (secondary N) is 2. The number of nitrogens with zero attached hydrogens (tertiary/aromatic N) is 5. The summed E-state index contributed by atoms with van der Waals surface area (Å²) < 4.78 is 30.1. The Morgan fingerprint density at radius 1 is 1.17 bits per heavy atom. The second kappa shape index (κ2) is 15.1. The Morgan fingerprint density at radius 2 is 1.90 bits per heavy atom. The Morgan fingerprint density at radius 3 is 2.55 bits per heavy atom. The molecular weight excluding hydrogens is 542 g/mol. The van der Waals surface area contributed by atoms with Crippen LogP contribution in [0.4, 0.5) is 8.78 Å². The number of alkyl halides is 2. The Bertz CT molecular complexity index is 988. The third-order valence-electron chi connectivity index (χ3n) is 9.57. The zero-order valence-electron chi connectivity index (χ0n) is 25.9. The van der Waals surface area contributed by atoms with Gasteiger partial charge in [-0.1, -0.05) is 27.2 Å². The first-order chi connectivity index (χ1) is 20.2. The molecule has 4 N–H and O–H groups in total. The third-order valence-corrected chi connectivity index (χ3v) is 9.57. The summed E-state index contributed by atoms with van der Waals surface area (Å²) in [6.45, 7) is 13.3. The lowest BCUT2D eigenvalue weighted by Crippen LogP contribution is -2.68. The average Bonchev–Trinajstić information content (AvgIpc) is 3.46. The van der Waals surface area contributed by atoms with Crippen molar-refractivity contribution in [2.24, 2.45) is 27.6 Å². The molecule has 3 saturated heterocycles. The van der Waals surface area contributed by atoms with Crippen LogP contribution in [0, 0.1) is 11.8 Å². The molecule has 0 aromatic heterocycles. The molecule has 8 unspecified atom stereocenters. The van der Waals surface area contributed by atoms with Crippen molar-refractivity contribution in [3.8, 4) is 0 Å². The summed E-state index contributed by atoms with van der Waals surface area (Å²) in [6.07, 6.45) is -0.0401. The number of hydrogen-bond donors (Lipinski definition) is 3. The van der Waals surface area contributed by atoms with Gasteiger partial charge in [-0.25, -0.2) is 8.78 Å². The molecule has 0 radical (unpaired) electrons. The molecule has 0 aromatic rings. The van der Waals surface area contributed by atoms with Crippen molar-refractivity contribution >= 4 is 23.2 Å². The van der Waals surface area contributed by atoms with E-state index in [1.807, 2.05) is 18.7 Å². The van der Waals surface area contributed by atoms with Gasteiger partial charge in [0.2, 0.25) is 11.8 Å². The maximum Gasteiger partial charge on any atom is 0.229 e. The summed E-state index contributed by atoms with van der Waals surface area (Å²) in [4.78, 5) is 42.5. The molecule has 4 rings (SSSR count). The van der Waals surface area contributed by atoms with Crippen LogP contribution in [0.5, 0.6) is 0 Å². The van der Waals surface area contributed by atoms with Crippen molar-refractivity contribution in [3.63, 3.8) is 0 Å². The van der Waals surface area contributed by atoms with Gasteiger partial charge >= 0.3 is 0 Å². The van der Waals surface area contributed by atoms with E-state index < -0.39 is 42.6 Å².